The number of ether oxygens (including phenoxy) is 3. The molecule has 0 saturated heterocycles. The predicted molar refractivity (Wildman–Crippen MR) is 96.6 cm³/mol. The van der Waals surface area contributed by atoms with Gasteiger partial charge in [0.15, 0.2) is 11.5 Å². The zero-order chi connectivity index (χ0) is 15.6. The SMILES string of the molecule is COc1cc(C(Br)c2cc(Br)sc2Br)cc(OC)c1OC. The molecular weight excluding hydrogens is 488 g/mol. The van der Waals surface area contributed by atoms with Gasteiger partial charge < -0.3 is 14.2 Å². The molecule has 1 aromatic heterocycles. The number of thiophene rings is 1. The van der Waals surface area contributed by atoms with Gasteiger partial charge in [-0.05, 0) is 61.2 Å². The van der Waals surface area contributed by atoms with Crippen molar-refractivity contribution in [2.45, 2.75) is 4.83 Å². The number of methoxy groups -OCH3 is 3. The molecule has 0 spiro atoms. The van der Waals surface area contributed by atoms with Gasteiger partial charge in [0, 0.05) is 0 Å². The highest BCUT2D eigenvalue weighted by Crippen LogP contribution is 2.46. The van der Waals surface area contributed by atoms with Gasteiger partial charge in [-0.3, -0.25) is 0 Å². The Hall–Kier alpha value is -0.240. The molecule has 114 valence electrons. The van der Waals surface area contributed by atoms with Crippen molar-refractivity contribution in [3.05, 3.63) is 36.9 Å². The van der Waals surface area contributed by atoms with E-state index < -0.39 is 0 Å². The Balaban J connectivity index is 2.51. The molecule has 1 atom stereocenters. The number of benzene rings is 1. The number of hydrogen-bond donors (Lipinski definition) is 0. The summed E-state index contributed by atoms with van der Waals surface area (Å²) < 4.78 is 18.3. The van der Waals surface area contributed by atoms with Crippen LogP contribution >= 0.6 is 59.1 Å². The fourth-order valence-corrected chi connectivity index (χ4v) is 5.94. The van der Waals surface area contributed by atoms with Gasteiger partial charge in [0.25, 0.3) is 0 Å². The first-order valence-corrected chi connectivity index (χ1v) is 9.22. The molecule has 1 unspecified atom stereocenters. The molecule has 2 aromatic rings. The zero-order valence-electron chi connectivity index (χ0n) is 11.6. The van der Waals surface area contributed by atoms with E-state index >= 15 is 0 Å². The smallest absolute Gasteiger partial charge is 0.203 e. The highest BCUT2D eigenvalue weighted by Gasteiger charge is 2.21. The van der Waals surface area contributed by atoms with Crippen LogP contribution in [0.2, 0.25) is 0 Å². The van der Waals surface area contributed by atoms with Crippen LogP contribution in [0.15, 0.2) is 25.8 Å². The van der Waals surface area contributed by atoms with Crippen LogP contribution in [0.4, 0.5) is 0 Å². The van der Waals surface area contributed by atoms with Crippen molar-refractivity contribution < 1.29 is 14.2 Å². The minimum Gasteiger partial charge on any atom is -0.493 e. The molecule has 1 heterocycles. The van der Waals surface area contributed by atoms with Gasteiger partial charge in [-0.25, -0.2) is 0 Å². The summed E-state index contributed by atoms with van der Waals surface area (Å²) in [6, 6.07) is 5.97. The second-order valence-corrected chi connectivity index (χ2v) is 8.77. The normalized spacial score (nSPS) is 12.1. The molecule has 0 amide bonds. The Kier molecular flexibility index (Phi) is 5.99. The van der Waals surface area contributed by atoms with Gasteiger partial charge >= 0.3 is 0 Å². The van der Waals surface area contributed by atoms with Crippen molar-refractivity contribution in [1.29, 1.82) is 0 Å². The van der Waals surface area contributed by atoms with Crippen LogP contribution in [0.25, 0.3) is 0 Å². The number of halogens is 3. The summed E-state index contributed by atoms with van der Waals surface area (Å²) >= 11 is 12.5. The Morgan fingerprint density at radius 3 is 1.90 bits per heavy atom. The summed E-state index contributed by atoms with van der Waals surface area (Å²) in [5.41, 5.74) is 2.16. The Bertz CT molecular complexity index is 617. The highest BCUT2D eigenvalue weighted by molar-refractivity contribution is 9.12. The molecule has 2 rings (SSSR count). The molecule has 1 aromatic carbocycles. The van der Waals surface area contributed by atoms with E-state index in [1.165, 1.54) is 0 Å². The van der Waals surface area contributed by atoms with Gasteiger partial charge in [-0.1, -0.05) is 15.9 Å². The summed E-state index contributed by atoms with van der Waals surface area (Å²) in [7, 11) is 4.82. The van der Waals surface area contributed by atoms with Crippen LogP contribution in [-0.4, -0.2) is 21.3 Å². The lowest BCUT2D eigenvalue weighted by atomic mass is 10.1. The highest BCUT2D eigenvalue weighted by atomic mass is 79.9. The van der Waals surface area contributed by atoms with Crippen LogP contribution in [0, 0.1) is 0 Å². The van der Waals surface area contributed by atoms with E-state index in [1.54, 1.807) is 32.7 Å². The summed E-state index contributed by atoms with van der Waals surface area (Å²) in [6.45, 7) is 0. The Morgan fingerprint density at radius 1 is 0.952 bits per heavy atom. The van der Waals surface area contributed by atoms with E-state index in [9.17, 15) is 0 Å². The largest absolute Gasteiger partial charge is 0.493 e. The first-order valence-electron chi connectivity index (χ1n) is 5.90. The van der Waals surface area contributed by atoms with Crippen LogP contribution in [0.3, 0.4) is 0 Å². The third kappa shape index (κ3) is 3.57. The second kappa shape index (κ2) is 7.35. The predicted octanol–water partition coefficient (Wildman–Crippen LogP) is 5.78. The van der Waals surface area contributed by atoms with E-state index in [0.717, 1.165) is 18.7 Å². The molecule has 0 saturated carbocycles. The van der Waals surface area contributed by atoms with Gasteiger partial charge in [0.1, 0.15) is 0 Å². The van der Waals surface area contributed by atoms with E-state index in [0.29, 0.717) is 17.2 Å². The van der Waals surface area contributed by atoms with Crippen molar-refractivity contribution in [3.8, 4) is 17.2 Å². The lowest BCUT2D eigenvalue weighted by Crippen LogP contribution is -1.99. The third-order valence-corrected chi connectivity index (χ3v) is 6.34. The fraction of sp³-hybridized carbons (Fsp3) is 0.286. The number of rotatable bonds is 5. The Labute approximate surface area is 153 Å². The number of hydrogen-bond acceptors (Lipinski definition) is 4. The number of alkyl halides is 1. The van der Waals surface area contributed by atoms with Crippen molar-refractivity contribution in [2.24, 2.45) is 0 Å². The average molecular weight is 501 g/mol. The first-order chi connectivity index (χ1) is 10.0. The molecule has 0 N–H and O–H groups in total. The molecule has 7 heteroatoms. The lowest BCUT2D eigenvalue weighted by molar-refractivity contribution is 0.324. The van der Waals surface area contributed by atoms with E-state index in [-0.39, 0.29) is 4.83 Å². The summed E-state index contributed by atoms with van der Waals surface area (Å²) in [4.78, 5) is 0.0168. The molecule has 0 bridgehead atoms. The lowest BCUT2D eigenvalue weighted by Gasteiger charge is -2.16. The molecule has 0 fully saturated rings. The zero-order valence-corrected chi connectivity index (χ0v) is 17.2. The van der Waals surface area contributed by atoms with Crippen LogP contribution in [0.1, 0.15) is 16.0 Å². The van der Waals surface area contributed by atoms with E-state index in [4.69, 9.17) is 14.2 Å². The summed E-state index contributed by atoms with van der Waals surface area (Å²) in [5, 5.41) is 0. The second-order valence-electron chi connectivity index (χ2n) is 4.10. The van der Waals surface area contributed by atoms with Crippen molar-refractivity contribution in [3.63, 3.8) is 0 Å². The molecule has 0 aliphatic rings. The maximum atomic E-state index is 5.40. The average Bonchev–Trinajstić information content (AvgIpc) is 2.83. The van der Waals surface area contributed by atoms with Crippen LogP contribution in [0.5, 0.6) is 17.2 Å². The topological polar surface area (TPSA) is 27.7 Å². The summed E-state index contributed by atoms with van der Waals surface area (Å²) in [6.07, 6.45) is 0. The third-order valence-electron chi connectivity index (χ3n) is 2.94. The quantitative estimate of drug-likeness (QED) is 0.487. The standard InChI is InChI=1S/C14H13Br3O3S/c1-18-9-4-7(5-10(19-2)13(9)20-3)12(16)8-6-11(15)21-14(8)17/h4-6,12H,1-3H3. The minimum absolute atomic E-state index is 0.0168. The van der Waals surface area contributed by atoms with Gasteiger partial charge in [-0.2, -0.15) is 0 Å². The summed E-state index contributed by atoms with van der Waals surface area (Å²) in [5.74, 6) is 1.87. The maximum Gasteiger partial charge on any atom is 0.203 e. The van der Waals surface area contributed by atoms with Gasteiger partial charge in [0.05, 0.1) is 33.7 Å². The minimum atomic E-state index is 0.0168. The van der Waals surface area contributed by atoms with Crippen molar-refractivity contribution in [2.75, 3.05) is 21.3 Å². The molecular formula is C14H13Br3O3S. The first kappa shape index (κ1) is 17.1. The van der Waals surface area contributed by atoms with Crippen LogP contribution < -0.4 is 14.2 Å². The van der Waals surface area contributed by atoms with Crippen LogP contribution in [-0.2, 0) is 0 Å². The van der Waals surface area contributed by atoms with E-state index in [2.05, 4.69) is 53.9 Å². The Morgan fingerprint density at radius 2 is 1.52 bits per heavy atom. The monoisotopic (exact) mass is 498 g/mol. The van der Waals surface area contributed by atoms with Gasteiger partial charge in [0.2, 0.25) is 5.75 Å². The van der Waals surface area contributed by atoms with Crippen molar-refractivity contribution >= 4 is 59.1 Å². The molecule has 3 nitrogen and oxygen atoms in total. The molecule has 0 aliphatic heterocycles. The van der Waals surface area contributed by atoms with Crippen molar-refractivity contribution in [1.82, 2.24) is 0 Å². The maximum absolute atomic E-state index is 5.40. The fourth-order valence-electron chi connectivity index (χ4n) is 1.95. The molecule has 21 heavy (non-hydrogen) atoms. The molecule has 0 aliphatic carbocycles. The molecule has 0 radical (unpaired) electrons. The van der Waals surface area contributed by atoms with Gasteiger partial charge in [-0.15, -0.1) is 11.3 Å². The van der Waals surface area contributed by atoms with E-state index in [1.807, 2.05) is 12.1 Å².